The minimum Gasteiger partial charge on any atom is -0.506 e. The second kappa shape index (κ2) is 5.80. The van der Waals surface area contributed by atoms with Crippen molar-refractivity contribution in [3.8, 4) is 5.75 Å². The number of hydrogen-bond donors (Lipinski definition) is 3. The molecule has 0 aliphatic carbocycles. The fourth-order valence-electron chi connectivity index (χ4n) is 1.68. The number of rotatable bonds is 3. The van der Waals surface area contributed by atoms with E-state index >= 15 is 0 Å². The summed E-state index contributed by atoms with van der Waals surface area (Å²) >= 11 is 3.21. The van der Waals surface area contributed by atoms with Gasteiger partial charge in [0.2, 0.25) is 0 Å². The summed E-state index contributed by atoms with van der Waals surface area (Å²) in [7, 11) is 0. The van der Waals surface area contributed by atoms with Gasteiger partial charge in [-0.15, -0.1) is 0 Å². The number of benzene rings is 2. The first-order chi connectivity index (χ1) is 9.86. The first kappa shape index (κ1) is 14.8. The third kappa shape index (κ3) is 3.48. The second-order valence-electron chi connectivity index (χ2n) is 4.19. The highest BCUT2D eigenvalue weighted by Crippen LogP contribution is 2.28. The van der Waals surface area contributed by atoms with Crippen molar-refractivity contribution in [1.82, 2.24) is 0 Å². The maximum absolute atomic E-state index is 12.1. The van der Waals surface area contributed by atoms with Crippen molar-refractivity contribution in [1.29, 1.82) is 0 Å². The molecule has 0 aliphatic rings. The zero-order valence-electron chi connectivity index (χ0n) is 10.5. The Bertz CT molecular complexity index is 713. The predicted molar refractivity (Wildman–Crippen MR) is 81.3 cm³/mol. The van der Waals surface area contributed by atoms with E-state index in [0.29, 0.717) is 10.2 Å². The Hall–Kier alpha value is -2.61. The van der Waals surface area contributed by atoms with Crippen molar-refractivity contribution in [3.63, 3.8) is 0 Å². The van der Waals surface area contributed by atoms with E-state index in [4.69, 9.17) is 5.73 Å². The number of nitrogens with two attached hydrogens (primary N) is 1. The van der Waals surface area contributed by atoms with Crippen LogP contribution in [0.15, 0.2) is 40.9 Å². The molecule has 8 heteroatoms. The molecule has 1 amide bonds. The van der Waals surface area contributed by atoms with Gasteiger partial charge in [0, 0.05) is 27.9 Å². The lowest BCUT2D eigenvalue weighted by molar-refractivity contribution is -0.384. The number of phenolic OH excluding ortho intramolecular Hbond substituents is 1. The summed E-state index contributed by atoms with van der Waals surface area (Å²) in [5.41, 5.74) is 5.99. The number of nitrogens with zero attached hydrogens (tertiary/aromatic N) is 1. The van der Waals surface area contributed by atoms with Gasteiger partial charge >= 0.3 is 0 Å². The van der Waals surface area contributed by atoms with Crippen molar-refractivity contribution in [2.75, 3.05) is 11.1 Å². The van der Waals surface area contributed by atoms with Crippen LogP contribution >= 0.6 is 15.9 Å². The van der Waals surface area contributed by atoms with Crippen LogP contribution in [0.5, 0.6) is 5.75 Å². The molecule has 4 N–H and O–H groups in total. The Kier molecular flexibility index (Phi) is 4.08. The maximum Gasteiger partial charge on any atom is 0.271 e. The molecular weight excluding hydrogens is 342 g/mol. The van der Waals surface area contributed by atoms with Gasteiger partial charge in [-0.3, -0.25) is 14.9 Å². The largest absolute Gasteiger partial charge is 0.506 e. The van der Waals surface area contributed by atoms with E-state index in [-0.39, 0.29) is 22.7 Å². The number of nitro benzene ring substituents is 1. The minimum atomic E-state index is -0.619. The van der Waals surface area contributed by atoms with Gasteiger partial charge in [-0.05, 0) is 24.3 Å². The zero-order valence-corrected chi connectivity index (χ0v) is 12.1. The van der Waals surface area contributed by atoms with Gasteiger partial charge in [-0.1, -0.05) is 15.9 Å². The molecule has 2 aromatic carbocycles. The molecule has 0 aliphatic heterocycles. The Morgan fingerprint density at radius 1 is 1.29 bits per heavy atom. The molecule has 0 saturated carbocycles. The number of amides is 1. The molecule has 0 fully saturated rings. The molecule has 7 nitrogen and oxygen atoms in total. The van der Waals surface area contributed by atoms with Crippen LogP contribution in [0.4, 0.5) is 17.1 Å². The average molecular weight is 352 g/mol. The van der Waals surface area contributed by atoms with Gasteiger partial charge in [0.1, 0.15) is 5.75 Å². The number of nitro groups is 1. The van der Waals surface area contributed by atoms with E-state index in [1.807, 2.05) is 0 Å². The van der Waals surface area contributed by atoms with Crippen LogP contribution in [0.1, 0.15) is 10.4 Å². The molecule has 0 spiro atoms. The first-order valence-corrected chi connectivity index (χ1v) is 6.51. The number of non-ortho nitro benzene ring substituents is 1. The third-order valence-corrected chi connectivity index (χ3v) is 3.08. The van der Waals surface area contributed by atoms with Gasteiger partial charge < -0.3 is 16.2 Å². The summed E-state index contributed by atoms with van der Waals surface area (Å²) in [6, 6.07) is 7.98. The highest BCUT2D eigenvalue weighted by atomic mass is 79.9. The molecule has 21 heavy (non-hydrogen) atoms. The zero-order chi connectivity index (χ0) is 15.6. The van der Waals surface area contributed by atoms with Crippen LogP contribution in [0, 0.1) is 10.1 Å². The van der Waals surface area contributed by atoms with E-state index in [0.717, 1.165) is 18.2 Å². The Balaban J connectivity index is 2.31. The fourth-order valence-corrected chi connectivity index (χ4v) is 2.19. The summed E-state index contributed by atoms with van der Waals surface area (Å²) in [4.78, 5) is 22.2. The maximum atomic E-state index is 12.1. The van der Waals surface area contributed by atoms with Gasteiger partial charge in [0.15, 0.2) is 0 Å². The first-order valence-electron chi connectivity index (χ1n) is 5.71. The number of nitrogen functional groups attached to an aromatic ring is 1. The van der Waals surface area contributed by atoms with Gasteiger partial charge in [0.05, 0.1) is 10.6 Å². The third-order valence-electron chi connectivity index (χ3n) is 2.62. The summed E-state index contributed by atoms with van der Waals surface area (Å²) in [5, 5.41) is 22.8. The number of nitrogens with one attached hydrogen (secondary N) is 1. The molecule has 108 valence electrons. The highest BCUT2D eigenvalue weighted by Gasteiger charge is 2.14. The number of carbonyl (C=O) groups excluding carboxylic acids is 1. The number of aromatic hydroxyl groups is 1. The van der Waals surface area contributed by atoms with Gasteiger partial charge in [-0.25, -0.2) is 0 Å². The number of halogens is 1. The van der Waals surface area contributed by atoms with Gasteiger partial charge in [-0.2, -0.15) is 0 Å². The SMILES string of the molecule is Nc1cc(Br)cc(C(=O)Nc2cc([N+](=O)[O-])ccc2O)c1. The van der Waals surface area contributed by atoms with Crippen LogP contribution in [-0.4, -0.2) is 15.9 Å². The standard InChI is InChI=1S/C13H10BrN3O4/c14-8-3-7(4-9(15)5-8)13(19)16-11-6-10(17(20)21)1-2-12(11)18/h1-6,18H,15H2,(H,16,19). The molecule has 2 aromatic rings. The lowest BCUT2D eigenvalue weighted by Gasteiger charge is -2.08. The molecule has 0 heterocycles. The summed E-state index contributed by atoms with van der Waals surface area (Å²) in [6.45, 7) is 0. The van der Waals surface area contributed by atoms with Crippen LogP contribution in [0.3, 0.4) is 0 Å². The monoisotopic (exact) mass is 351 g/mol. The lowest BCUT2D eigenvalue weighted by atomic mass is 10.2. The van der Waals surface area contributed by atoms with Crippen molar-refractivity contribution >= 4 is 38.9 Å². The minimum absolute atomic E-state index is 0.0484. The van der Waals surface area contributed by atoms with Crippen LogP contribution in [0.2, 0.25) is 0 Å². The van der Waals surface area contributed by atoms with Crippen molar-refractivity contribution < 1.29 is 14.8 Å². The van der Waals surface area contributed by atoms with E-state index in [9.17, 15) is 20.0 Å². The van der Waals surface area contributed by atoms with E-state index in [1.165, 1.54) is 6.07 Å². The Morgan fingerprint density at radius 2 is 2.00 bits per heavy atom. The molecule has 2 rings (SSSR count). The van der Waals surface area contributed by atoms with Crippen molar-refractivity contribution in [2.24, 2.45) is 0 Å². The quantitative estimate of drug-likeness (QED) is 0.340. The number of carbonyl (C=O) groups is 1. The molecular formula is C13H10BrN3O4. The van der Waals surface area contributed by atoms with E-state index < -0.39 is 10.8 Å². The van der Waals surface area contributed by atoms with Crippen molar-refractivity contribution in [2.45, 2.75) is 0 Å². The lowest BCUT2D eigenvalue weighted by Crippen LogP contribution is -2.12. The van der Waals surface area contributed by atoms with E-state index in [1.54, 1.807) is 12.1 Å². The van der Waals surface area contributed by atoms with Gasteiger partial charge in [0.25, 0.3) is 11.6 Å². The molecule has 0 aromatic heterocycles. The second-order valence-corrected chi connectivity index (χ2v) is 5.10. The Labute approximate surface area is 127 Å². The molecule has 0 bridgehead atoms. The predicted octanol–water partition coefficient (Wildman–Crippen LogP) is 2.90. The summed E-state index contributed by atoms with van der Waals surface area (Å²) in [5.74, 6) is -0.810. The highest BCUT2D eigenvalue weighted by molar-refractivity contribution is 9.10. The summed E-state index contributed by atoms with van der Waals surface area (Å²) in [6.07, 6.45) is 0. The normalized spacial score (nSPS) is 10.1. The van der Waals surface area contributed by atoms with Crippen LogP contribution in [0.25, 0.3) is 0 Å². The summed E-state index contributed by atoms with van der Waals surface area (Å²) < 4.78 is 0.621. The average Bonchev–Trinajstić information content (AvgIpc) is 2.39. The molecule has 0 atom stereocenters. The van der Waals surface area contributed by atoms with E-state index in [2.05, 4.69) is 21.2 Å². The fraction of sp³-hybridized carbons (Fsp3) is 0. The number of anilines is 2. The topological polar surface area (TPSA) is 118 Å². The molecule has 0 radical (unpaired) electrons. The van der Waals surface area contributed by atoms with Crippen LogP contribution in [-0.2, 0) is 0 Å². The van der Waals surface area contributed by atoms with Crippen molar-refractivity contribution in [3.05, 3.63) is 56.5 Å². The molecule has 0 unspecified atom stereocenters. The number of phenols is 1. The Morgan fingerprint density at radius 3 is 2.62 bits per heavy atom. The smallest absolute Gasteiger partial charge is 0.271 e. The van der Waals surface area contributed by atoms with Crippen LogP contribution < -0.4 is 11.1 Å². The number of hydrogen-bond acceptors (Lipinski definition) is 5. The molecule has 0 saturated heterocycles.